The van der Waals surface area contributed by atoms with Crippen molar-refractivity contribution < 1.29 is 0 Å². The fourth-order valence-corrected chi connectivity index (χ4v) is 2.73. The van der Waals surface area contributed by atoms with Crippen LogP contribution >= 0.6 is 23.2 Å². The molecule has 2 rings (SSSR count). The van der Waals surface area contributed by atoms with Crippen LogP contribution in [-0.2, 0) is 6.42 Å². The molecule has 0 aliphatic carbocycles. The molecule has 0 amide bonds. The lowest BCUT2D eigenvalue weighted by Crippen LogP contribution is -2.30. The van der Waals surface area contributed by atoms with E-state index in [1.807, 2.05) is 18.2 Å². The van der Waals surface area contributed by atoms with E-state index in [9.17, 15) is 0 Å². The summed E-state index contributed by atoms with van der Waals surface area (Å²) in [7, 11) is 0. The van der Waals surface area contributed by atoms with Gasteiger partial charge in [0.05, 0.1) is 16.1 Å². The lowest BCUT2D eigenvalue weighted by molar-refractivity contribution is 0.549. The minimum atomic E-state index is 0.00543. The minimum absolute atomic E-state index is 0.00543. The summed E-state index contributed by atoms with van der Waals surface area (Å²) in [6.45, 7) is 4.20. The molecular formula is C16H18Cl2N2. The van der Waals surface area contributed by atoms with Gasteiger partial charge >= 0.3 is 0 Å². The molecule has 0 aromatic heterocycles. The third-order valence-electron chi connectivity index (χ3n) is 3.68. The fourth-order valence-electron chi connectivity index (χ4n) is 2.34. The second-order valence-corrected chi connectivity index (χ2v) is 5.71. The van der Waals surface area contributed by atoms with Crippen molar-refractivity contribution in [1.82, 2.24) is 5.43 Å². The molecule has 4 heteroatoms. The Bertz CT molecular complexity index is 611. The molecule has 0 spiro atoms. The Kier molecular flexibility index (Phi) is 5.06. The molecule has 2 aromatic carbocycles. The highest BCUT2D eigenvalue weighted by molar-refractivity contribution is 6.42. The highest BCUT2D eigenvalue weighted by atomic mass is 35.5. The third-order valence-corrected chi connectivity index (χ3v) is 4.54. The standard InChI is InChI=1S/C16H18Cl2N2/c1-10-5-3-7-13(11(10)2)15(20-19)9-12-6-4-8-14(17)16(12)18/h3-8,15,20H,9,19H2,1-2H3. The van der Waals surface area contributed by atoms with Crippen molar-refractivity contribution in [3.05, 3.63) is 68.7 Å². The van der Waals surface area contributed by atoms with Gasteiger partial charge < -0.3 is 0 Å². The minimum Gasteiger partial charge on any atom is -0.271 e. The summed E-state index contributed by atoms with van der Waals surface area (Å²) < 4.78 is 0. The van der Waals surface area contributed by atoms with Gasteiger partial charge in [0.25, 0.3) is 0 Å². The van der Waals surface area contributed by atoms with Crippen LogP contribution in [0.25, 0.3) is 0 Å². The number of rotatable bonds is 4. The Morgan fingerprint density at radius 2 is 1.80 bits per heavy atom. The van der Waals surface area contributed by atoms with Gasteiger partial charge in [0.15, 0.2) is 0 Å². The maximum atomic E-state index is 6.25. The molecule has 0 radical (unpaired) electrons. The summed E-state index contributed by atoms with van der Waals surface area (Å²) >= 11 is 12.3. The van der Waals surface area contributed by atoms with E-state index >= 15 is 0 Å². The average Bonchev–Trinajstić information content (AvgIpc) is 2.44. The predicted molar refractivity (Wildman–Crippen MR) is 86.1 cm³/mol. The lowest BCUT2D eigenvalue weighted by atomic mass is 9.93. The summed E-state index contributed by atoms with van der Waals surface area (Å²) in [6, 6.07) is 11.9. The molecular weight excluding hydrogens is 291 g/mol. The molecule has 0 saturated heterocycles. The zero-order valence-electron chi connectivity index (χ0n) is 11.6. The molecule has 0 bridgehead atoms. The molecule has 0 fully saturated rings. The van der Waals surface area contributed by atoms with Gasteiger partial charge in [-0.15, -0.1) is 0 Å². The Labute approximate surface area is 129 Å². The number of hydrogen-bond donors (Lipinski definition) is 2. The molecule has 106 valence electrons. The SMILES string of the molecule is Cc1cccc(C(Cc2cccc(Cl)c2Cl)NN)c1C. The van der Waals surface area contributed by atoms with Crippen molar-refractivity contribution >= 4 is 23.2 Å². The van der Waals surface area contributed by atoms with E-state index in [2.05, 4.69) is 31.4 Å². The lowest BCUT2D eigenvalue weighted by Gasteiger charge is -2.20. The van der Waals surface area contributed by atoms with Crippen LogP contribution < -0.4 is 11.3 Å². The molecule has 0 aliphatic heterocycles. The summed E-state index contributed by atoms with van der Waals surface area (Å²) in [5.41, 5.74) is 7.55. The van der Waals surface area contributed by atoms with Gasteiger partial charge in [-0.25, -0.2) is 0 Å². The van der Waals surface area contributed by atoms with Crippen LogP contribution in [0.15, 0.2) is 36.4 Å². The number of benzene rings is 2. The van der Waals surface area contributed by atoms with Gasteiger partial charge in [0, 0.05) is 0 Å². The Morgan fingerprint density at radius 3 is 2.50 bits per heavy atom. The molecule has 1 atom stereocenters. The zero-order valence-corrected chi connectivity index (χ0v) is 13.1. The first-order chi connectivity index (χ1) is 9.54. The predicted octanol–water partition coefficient (Wildman–Crippen LogP) is 4.36. The van der Waals surface area contributed by atoms with Gasteiger partial charge in [-0.3, -0.25) is 11.3 Å². The topological polar surface area (TPSA) is 38.0 Å². The first-order valence-corrected chi connectivity index (χ1v) is 7.25. The normalized spacial score (nSPS) is 12.4. The summed E-state index contributed by atoms with van der Waals surface area (Å²) in [6.07, 6.45) is 0.695. The molecule has 1 unspecified atom stereocenters. The second-order valence-electron chi connectivity index (χ2n) is 4.93. The van der Waals surface area contributed by atoms with Gasteiger partial charge in [0.1, 0.15) is 0 Å². The number of nitrogens with two attached hydrogens (primary N) is 1. The Morgan fingerprint density at radius 1 is 1.10 bits per heavy atom. The number of nitrogens with one attached hydrogen (secondary N) is 1. The Balaban J connectivity index is 2.34. The van der Waals surface area contributed by atoms with Gasteiger partial charge in [-0.2, -0.15) is 0 Å². The van der Waals surface area contributed by atoms with E-state index in [0.29, 0.717) is 16.5 Å². The highest BCUT2D eigenvalue weighted by Crippen LogP contribution is 2.30. The second kappa shape index (κ2) is 6.59. The van der Waals surface area contributed by atoms with Crippen molar-refractivity contribution in [2.75, 3.05) is 0 Å². The highest BCUT2D eigenvalue weighted by Gasteiger charge is 2.16. The van der Waals surface area contributed by atoms with Crippen LogP contribution in [-0.4, -0.2) is 0 Å². The number of aryl methyl sites for hydroxylation is 1. The van der Waals surface area contributed by atoms with Crippen LogP contribution in [0.1, 0.15) is 28.3 Å². The van der Waals surface area contributed by atoms with Crippen molar-refractivity contribution in [3.8, 4) is 0 Å². The first-order valence-electron chi connectivity index (χ1n) is 6.49. The molecule has 0 aliphatic rings. The van der Waals surface area contributed by atoms with Crippen LogP contribution in [0.5, 0.6) is 0 Å². The third kappa shape index (κ3) is 3.15. The average molecular weight is 309 g/mol. The van der Waals surface area contributed by atoms with Crippen molar-refractivity contribution in [3.63, 3.8) is 0 Å². The molecule has 2 aromatic rings. The van der Waals surface area contributed by atoms with Crippen molar-refractivity contribution in [2.24, 2.45) is 5.84 Å². The van der Waals surface area contributed by atoms with Crippen LogP contribution in [0.2, 0.25) is 10.0 Å². The summed E-state index contributed by atoms with van der Waals surface area (Å²) in [4.78, 5) is 0. The van der Waals surface area contributed by atoms with E-state index < -0.39 is 0 Å². The van der Waals surface area contributed by atoms with E-state index in [-0.39, 0.29) is 6.04 Å². The van der Waals surface area contributed by atoms with Gasteiger partial charge in [-0.05, 0) is 48.6 Å². The zero-order chi connectivity index (χ0) is 14.7. The molecule has 2 nitrogen and oxygen atoms in total. The maximum Gasteiger partial charge on any atom is 0.0624 e. The smallest absolute Gasteiger partial charge is 0.0624 e. The quantitative estimate of drug-likeness (QED) is 0.650. The largest absolute Gasteiger partial charge is 0.271 e. The molecule has 20 heavy (non-hydrogen) atoms. The van der Waals surface area contributed by atoms with Gasteiger partial charge in [-0.1, -0.05) is 53.5 Å². The fraction of sp³-hybridized carbons (Fsp3) is 0.250. The molecule has 0 saturated carbocycles. The molecule has 3 N–H and O–H groups in total. The van der Waals surface area contributed by atoms with E-state index in [1.54, 1.807) is 6.07 Å². The van der Waals surface area contributed by atoms with Crippen LogP contribution in [0.3, 0.4) is 0 Å². The van der Waals surface area contributed by atoms with Crippen molar-refractivity contribution in [1.29, 1.82) is 0 Å². The number of halogens is 2. The first kappa shape index (κ1) is 15.3. The van der Waals surface area contributed by atoms with E-state index in [0.717, 1.165) is 5.56 Å². The van der Waals surface area contributed by atoms with Crippen LogP contribution in [0, 0.1) is 13.8 Å². The van der Waals surface area contributed by atoms with E-state index in [4.69, 9.17) is 29.0 Å². The van der Waals surface area contributed by atoms with Gasteiger partial charge in [0.2, 0.25) is 0 Å². The summed E-state index contributed by atoms with van der Waals surface area (Å²) in [5, 5.41) is 1.17. The van der Waals surface area contributed by atoms with E-state index in [1.165, 1.54) is 16.7 Å². The Hall–Kier alpha value is -1.06. The monoisotopic (exact) mass is 308 g/mol. The van der Waals surface area contributed by atoms with Crippen molar-refractivity contribution in [2.45, 2.75) is 26.3 Å². The molecule has 0 heterocycles. The summed E-state index contributed by atoms with van der Waals surface area (Å²) in [5.74, 6) is 5.73. The van der Waals surface area contributed by atoms with Crippen LogP contribution in [0.4, 0.5) is 0 Å². The number of hydrazine groups is 1. The number of hydrogen-bond acceptors (Lipinski definition) is 2. The maximum absolute atomic E-state index is 6.25.